The molecule has 1 unspecified atom stereocenters. The molecule has 19 heavy (non-hydrogen) atoms. The lowest BCUT2D eigenvalue weighted by Crippen LogP contribution is -2.45. The maximum Gasteiger partial charge on any atom is 0.150 e. The highest BCUT2D eigenvalue weighted by Crippen LogP contribution is 2.46. The molecular weight excluding hydrogens is 256 g/mol. The molecule has 2 aliphatic rings. The number of ether oxygens (including phenoxy) is 1. The van der Waals surface area contributed by atoms with Gasteiger partial charge < -0.3 is 9.30 Å². The van der Waals surface area contributed by atoms with Crippen LogP contribution in [-0.2, 0) is 4.74 Å². The Kier molecular flexibility index (Phi) is 2.74. The van der Waals surface area contributed by atoms with Gasteiger partial charge in [-0.15, -0.1) is 11.3 Å². The number of hydrogen-bond donors (Lipinski definition) is 0. The molecule has 1 spiro atoms. The van der Waals surface area contributed by atoms with Crippen molar-refractivity contribution in [3.05, 3.63) is 29.9 Å². The minimum Gasteiger partial charge on any atom is -0.375 e. The van der Waals surface area contributed by atoms with E-state index in [9.17, 15) is 0 Å². The lowest BCUT2D eigenvalue weighted by atomic mass is 9.74. The highest BCUT2D eigenvalue weighted by Gasteiger charge is 2.43. The highest BCUT2D eigenvalue weighted by molar-refractivity contribution is 7.13. The van der Waals surface area contributed by atoms with E-state index < -0.39 is 0 Å². The van der Waals surface area contributed by atoms with Gasteiger partial charge in [0.15, 0.2) is 0 Å². The fourth-order valence-electron chi connectivity index (χ4n) is 3.36. The van der Waals surface area contributed by atoms with Gasteiger partial charge >= 0.3 is 0 Å². The zero-order chi connectivity index (χ0) is 12.7. The second-order valence-electron chi connectivity index (χ2n) is 5.67. The number of aromatic nitrogens is 2. The molecule has 3 nitrogen and oxygen atoms in total. The quantitative estimate of drug-likeness (QED) is 0.831. The Morgan fingerprint density at radius 3 is 3.11 bits per heavy atom. The van der Waals surface area contributed by atoms with Crippen LogP contribution in [0.1, 0.15) is 38.1 Å². The number of nitrogens with zero attached hydrogens (tertiary/aromatic N) is 2. The van der Waals surface area contributed by atoms with E-state index in [-0.39, 0.29) is 5.60 Å². The van der Waals surface area contributed by atoms with Crippen LogP contribution in [0.4, 0.5) is 0 Å². The summed E-state index contributed by atoms with van der Waals surface area (Å²) in [6.45, 7) is 0.896. The van der Waals surface area contributed by atoms with Crippen LogP contribution in [0, 0.1) is 0 Å². The van der Waals surface area contributed by atoms with Gasteiger partial charge in [-0.05, 0) is 43.6 Å². The zero-order valence-corrected chi connectivity index (χ0v) is 11.7. The van der Waals surface area contributed by atoms with Crippen LogP contribution in [0.2, 0.25) is 0 Å². The second-order valence-corrected chi connectivity index (χ2v) is 6.61. The van der Waals surface area contributed by atoms with Crippen LogP contribution in [0.5, 0.6) is 0 Å². The third-order valence-electron chi connectivity index (χ3n) is 4.54. The first kappa shape index (κ1) is 11.7. The molecule has 100 valence electrons. The van der Waals surface area contributed by atoms with E-state index in [0.29, 0.717) is 6.04 Å². The van der Waals surface area contributed by atoms with Crippen LogP contribution in [0.3, 0.4) is 0 Å². The lowest BCUT2D eigenvalue weighted by molar-refractivity contribution is -0.140. The molecule has 1 saturated carbocycles. The fourth-order valence-corrected chi connectivity index (χ4v) is 4.09. The van der Waals surface area contributed by atoms with E-state index in [1.807, 2.05) is 6.20 Å². The van der Waals surface area contributed by atoms with Gasteiger partial charge in [-0.25, -0.2) is 4.98 Å². The maximum atomic E-state index is 6.03. The standard InChI is InChI=1S/C15H18N2OS/c1-3-13(19-10-1)14-16-7-8-17(14)12-4-9-18-15(11-12)5-2-6-15/h1,3,7-8,10,12H,2,4-6,9,11H2. The van der Waals surface area contributed by atoms with Crippen molar-refractivity contribution in [3.63, 3.8) is 0 Å². The topological polar surface area (TPSA) is 27.1 Å². The monoisotopic (exact) mass is 274 g/mol. The van der Waals surface area contributed by atoms with Crippen molar-refractivity contribution in [3.8, 4) is 10.7 Å². The molecule has 0 bridgehead atoms. The van der Waals surface area contributed by atoms with E-state index >= 15 is 0 Å². The van der Waals surface area contributed by atoms with Crippen molar-refractivity contribution in [2.24, 2.45) is 0 Å². The van der Waals surface area contributed by atoms with Crippen molar-refractivity contribution >= 4 is 11.3 Å². The third-order valence-corrected chi connectivity index (χ3v) is 5.40. The van der Waals surface area contributed by atoms with E-state index in [1.54, 1.807) is 11.3 Å². The number of rotatable bonds is 2. The molecule has 1 saturated heterocycles. The van der Waals surface area contributed by atoms with E-state index in [4.69, 9.17) is 4.74 Å². The molecule has 4 rings (SSSR count). The summed E-state index contributed by atoms with van der Waals surface area (Å²) in [4.78, 5) is 5.82. The second kappa shape index (κ2) is 4.46. The van der Waals surface area contributed by atoms with Crippen LogP contribution in [0.25, 0.3) is 10.7 Å². The largest absolute Gasteiger partial charge is 0.375 e. The molecule has 1 aliphatic heterocycles. The molecular formula is C15H18N2OS. The van der Waals surface area contributed by atoms with Crippen LogP contribution < -0.4 is 0 Å². The summed E-state index contributed by atoms with van der Waals surface area (Å²) in [6.07, 6.45) is 10.1. The van der Waals surface area contributed by atoms with E-state index in [1.165, 1.54) is 24.1 Å². The Labute approximate surface area is 117 Å². The summed E-state index contributed by atoms with van der Waals surface area (Å²) in [5.74, 6) is 1.12. The summed E-state index contributed by atoms with van der Waals surface area (Å²) in [7, 11) is 0. The Morgan fingerprint density at radius 1 is 1.42 bits per heavy atom. The van der Waals surface area contributed by atoms with Crippen molar-refractivity contribution in [1.82, 2.24) is 9.55 Å². The minimum atomic E-state index is 0.194. The molecule has 0 N–H and O–H groups in total. The minimum absolute atomic E-state index is 0.194. The SMILES string of the molecule is c1csc(-c2nccn2C2CCOC3(CCC3)C2)c1. The van der Waals surface area contributed by atoms with E-state index in [0.717, 1.165) is 25.3 Å². The van der Waals surface area contributed by atoms with Gasteiger partial charge in [0, 0.05) is 25.0 Å². The highest BCUT2D eigenvalue weighted by atomic mass is 32.1. The maximum absolute atomic E-state index is 6.03. The van der Waals surface area contributed by atoms with Crippen LogP contribution >= 0.6 is 11.3 Å². The summed E-state index contributed by atoms with van der Waals surface area (Å²) in [5, 5.41) is 2.12. The Morgan fingerprint density at radius 2 is 2.37 bits per heavy atom. The molecule has 4 heteroatoms. The lowest BCUT2D eigenvalue weighted by Gasteiger charge is -2.47. The Bertz CT molecular complexity index is 556. The first-order chi connectivity index (χ1) is 9.36. The van der Waals surface area contributed by atoms with Gasteiger partial charge in [0.2, 0.25) is 0 Å². The number of hydrogen-bond acceptors (Lipinski definition) is 3. The number of thiophene rings is 1. The van der Waals surface area contributed by atoms with Gasteiger partial charge in [0.1, 0.15) is 5.82 Å². The summed E-state index contributed by atoms with van der Waals surface area (Å²) >= 11 is 1.76. The average molecular weight is 274 g/mol. The Hall–Kier alpha value is -1.13. The molecule has 1 aliphatic carbocycles. The van der Waals surface area contributed by atoms with Crippen LogP contribution in [0.15, 0.2) is 29.9 Å². The summed E-state index contributed by atoms with van der Waals surface area (Å²) in [6, 6.07) is 4.80. The smallest absolute Gasteiger partial charge is 0.150 e. The molecule has 1 atom stereocenters. The third kappa shape index (κ3) is 1.94. The fraction of sp³-hybridized carbons (Fsp3) is 0.533. The molecule has 0 radical (unpaired) electrons. The number of imidazole rings is 1. The first-order valence-corrected chi connectivity index (χ1v) is 7.95. The normalized spacial score (nSPS) is 25.4. The van der Waals surface area contributed by atoms with Gasteiger partial charge in [-0.1, -0.05) is 6.07 Å². The van der Waals surface area contributed by atoms with Gasteiger partial charge in [-0.3, -0.25) is 0 Å². The van der Waals surface area contributed by atoms with Crippen LogP contribution in [-0.4, -0.2) is 21.8 Å². The van der Waals surface area contributed by atoms with Crippen molar-refractivity contribution in [2.45, 2.75) is 43.7 Å². The van der Waals surface area contributed by atoms with Gasteiger partial charge in [0.05, 0.1) is 10.5 Å². The summed E-state index contributed by atoms with van der Waals surface area (Å²) in [5.41, 5.74) is 0.194. The van der Waals surface area contributed by atoms with Gasteiger partial charge in [-0.2, -0.15) is 0 Å². The molecule has 3 heterocycles. The zero-order valence-electron chi connectivity index (χ0n) is 10.9. The van der Waals surface area contributed by atoms with Crippen molar-refractivity contribution in [1.29, 1.82) is 0 Å². The first-order valence-electron chi connectivity index (χ1n) is 7.07. The van der Waals surface area contributed by atoms with E-state index in [2.05, 4.69) is 33.3 Å². The summed E-state index contributed by atoms with van der Waals surface area (Å²) < 4.78 is 8.40. The molecule has 2 aromatic heterocycles. The van der Waals surface area contributed by atoms with Crippen molar-refractivity contribution < 1.29 is 4.74 Å². The van der Waals surface area contributed by atoms with Crippen molar-refractivity contribution in [2.75, 3.05) is 6.61 Å². The molecule has 2 aromatic rings. The van der Waals surface area contributed by atoms with Gasteiger partial charge in [0.25, 0.3) is 0 Å². The Balaban J connectivity index is 1.64. The molecule has 0 aromatic carbocycles. The molecule has 0 amide bonds. The predicted molar refractivity (Wildman–Crippen MR) is 76.3 cm³/mol. The predicted octanol–water partition coefficient (Wildman–Crippen LogP) is 3.89. The molecule has 2 fully saturated rings. The average Bonchev–Trinajstić information content (AvgIpc) is 3.07.